The van der Waals surface area contributed by atoms with Crippen molar-refractivity contribution in [1.29, 1.82) is 0 Å². The molecule has 0 aliphatic rings. The van der Waals surface area contributed by atoms with Gasteiger partial charge in [0.25, 0.3) is 0 Å². The van der Waals surface area contributed by atoms with E-state index < -0.39 is 35.0 Å². The van der Waals surface area contributed by atoms with Gasteiger partial charge in [-0.3, -0.25) is 4.99 Å². The van der Waals surface area contributed by atoms with Crippen LogP contribution in [-0.2, 0) is 9.53 Å². The zero-order chi connectivity index (χ0) is 19.1. The zero-order valence-corrected chi connectivity index (χ0v) is 15.7. The number of hydrogen-bond acceptors (Lipinski definition) is 5. The molecule has 0 aliphatic carbocycles. The minimum atomic E-state index is -1.05. The molecule has 25 heavy (non-hydrogen) atoms. The second kappa shape index (κ2) is 9.62. The highest BCUT2D eigenvalue weighted by atomic mass is 79.9. The molecule has 8 heteroatoms. The van der Waals surface area contributed by atoms with Gasteiger partial charge in [-0.05, 0) is 34.8 Å². The van der Waals surface area contributed by atoms with E-state index in [0.29, 0.717) is 6.07 Å². The van der Waals surface area contributed by atoms with E-state index in [9.17, 15) is 23.8 Å². The fraction of sp³-hybridized carbons (Fsp3) is 0.412. The molecule has 0 radical (unpaired) electrons. The van der Waals surface area contributed by atoms with Crippen molar-refractivity contribution in [2.45, 2.75) is 26.8 Å². The first-order valence-corrected chi connectivity index (χ1v) is 8.41. The predicted octanol–water partition coefficient (Wildman–Crippen LogP) is 3.65. The fourth-order valence-electron chi connectivity index (χ4n) is 1.87. The number of halogens is 3. The predicted molar refractivity (Wildman–Crippen MR) is 94.4 cm³/mol. The molecular weight excluding hydrogens is 400 g/mol. The Morgan fingerprint density at radius 3 is 2.52 bits per heavy atom. The number of rotatable bonds is 7. The first kappa shape index (κ1) is 21.2. The smallest absolute Gasteiger partial charge is 0.343 e. The first-order chi connectivity index (χ1) is 11.7. The van der Waals surface area contributed by atoms with Gasteiger partial charge >= 0.3 is 5.97 Å². The number of aliphatic imine (C=N–C) groups is 1. The molecule has 0 saturated heterocycles. The maximum atomic E-state index is 14.0. The quantitative estimate of drug-likeness (QED) is 0.232. The maximum absolute atomic E-state index is 14.0. The van der Waals surface area contributed by atoms with Gasteiger partial charge in [-0.15, -0.1) is 0 Å². The lowest BCUT2D eigenvalue weighted by Gasteiger charge is -2.13. The minimum Gasteiger partial charge on any atom is -0.506 e. The highest BCUT2D eigenvalue weighted by Gasteiger charge is 2.21. The number of carbonyl (C=O) groups excluding carboxylic acids is 1. The molecule has 0 fully saturated rings. The number of nitrogens with zero attached hydrogens (tertiary/aromatic N) is 1. The van der Waals surface area contributed by atoms with Crippen LogP contribution in [0.15, 0.2) is 27.2 Å². The summed E-state index contributed by atoms with van der Waals surface area (Å²) in [6.07, 6.45) is 1.03. The average molecular weight is 420 g/mol. The zero-order valence-electron chi connectivity index (χ0n) is 14.1. The molecule has 1 atom stereocenters. The van der Waals surface area contributed by atoms with Gasteiger partial charge in [0.2, 0.25) is 0 Å². The molecule has 2 N–H and O–H groups in total. The van der Waals surface area contributed by atoms with Gasteiger partial charge in [0.1, 0.15) is 23.0 Å². The molecule has 0 spiro atoms. The van der Waals surface area contributed by atoms with E-state index in [1.54, 1.807) is 6.92 Å². The summed E-state index contributed by atoms with van der Waals surface area (Å²) in [5, 5.41) is 19.6. The summed E-state index contributed by atoms with van der Waals surface area (Å²) in [5.41, 5.74) is -0.772. The highest BCUT2D eigenvalue weighted by Crippen LogP contribution is 2.26. The molecule has 138 valence electrons. The van der Waals surface area contributed by atoms with E-state index in [-0.39, 0.29) is 29.2 Å². The van der Waals surface area contributed by atoms with E-state index in [1.807, 2.05) is 13.8 Å². The third-order valence-electron chi connectivity index (χ3n) is 3.37. The first-order valence-electron chi connectivity index (χ1n) is 7.62. The van der Waals surface area contributed by atoms with Crippen LogP contribution < -0.4 is 0 Å². The van der Waals surface area contributed by atoms with E-state index in [4.69, 9.17) is 4.74 Å². The van der Waals surface area contributed by atoms with Crippen LogP contribution in [0.5, 0.6) is 0 Å². The molecule has 0 aromatic heterocycles. The van der Waals surface area contributed by atoms with E-state index >= 15 is 0 Å². The van der Waals surface area contributed by atoms with Crippen LogP contribution in [-0.4, -0.2) is 41.7 Å². The minimum absolute atomic E-state index is 0.0245. The van der Waals surface area contributed by atoms with Crippen LogP contribution in [0.2, 0.25) is 0 Å². The summed E-state index contributed by atoms with van der Waals surface area (Å²) < 4.78 is 32.1. The third kappa shape index (κ3) is 5.61. The van der Waals surface area contributed by atoms with Gasteiger partial charge in [0, 0.05) is 12.3 Å². The largest absolute Gasteiger partial charge is 0.506 e. The Bertz CT molecular complexity index is 689. The van der Waals surface area contributed by atoms with Crippen molar-refractivity contribution >= 4 is 33.9 Å². The second-order valence-corrected chi connectivity index (χ2v) is 6.36. The lowest BCUT2D eigenvalue weighted by Crippen LogP contribution is -2.19. The van der Waals surface area contributed by atoms with Crippen LogP contribution in [0.4, 0.5) is 8.78 Å². The number of esters is 1. The van der Waals surface area contributed by atoms with Crippen LogP contribution in [0.1, 0.15) is 26.3 Å². The lowest BCUT2D eigenvalue weighted by atomic mass is 10.1. The van der Waals surface area contributed by atoms with E-state index in [0.717, 1.165) is 12.3 Å². The lowest BCUT2D eigenvalue weighted by molar-refractivity contribution is -0.137. The van der Waals surface area contributed by atoms with Gasteiger partial charge in [-0.1, -0.05) is 13.8 Å². The standard InChI is InChI=1S/C17H20BrF2NO4/c1-4-25-17(24)11(7-21-15(8-22)9(2)3)16(23)10-5-12(18)14(20)6-13(10)19/h5-7,9,15,22-23H,4,8H2,1-3H3/b16-11-,21-7?/t15-/m0/s1. The number of ether oxygens (including phenoxy) is 1. The maximum Gasteiger partial charge on any atom is 0.343 e. The summed E-state index contributed by atoms with van der Waals surface area (Å²) in [6, 6.07) is 1.08. The van der Waals surface area contributed by atoms with Gasteiger partial charge in [0.15, 0.2) is 0 Å². The summed E-state index contributed by atoms with van der Waals surface area (Å²) in [5.74, 6) is -3.56. The highest BCUT2D eigenvalue weighted by molar-refractivity contribution is 9.10. The van der Waals surface area contributed by atoms with Gasteiger partial charge in [0.05, 0.1) is 29.3 Å². The van der Waals surface area contributed by atoms with Crippen molar-refractivity contribution in [3.8, 4) is 0 Å². The topological polar surface area (TPSA) is 79.1 Å². The van der Waals surface area contributed by atoms with E-state index in [1.165, 1.54) is 0 Å². The molecule has 1 aromatic rings. The SMILES string of the molecule is CCOC(=O)/C(C=N[C@@H](CO)C(C)C)=C(\O)c1cc(Br)c(F)cc1F. The monoisotopic (exact) mass is 419 g/mol. The Morgan fingerprint density at radius 2 is 2.00 bits per heavy atom. The Labute approximate surface area is 153 Å². The van der Waals surface area contributed by atoms with Crippen molar-refractivity contribution in [2.75, 3.05) is 13.2 Å². The second-order valence-electron chi connectivity index (χ2n) is 5.50. The molecular formula is C17H20BrF2NO4. The Balaban J connectivity index is 3.44. The summed E-state index contributed by atoms with van der Waals surface area (Å²) in [6.45, 7) is 4.99. The number of aliphatic hydroxyl groups is 2. The van der Waals surface area contributed by atoms with Gasteiger partial charge in [-0.25, -0.2) is 13.6 Å². The van der Waals surface area contributed by atoms with Crippen LogP contribution in [0, 0.1) is 17.6 Å². The molecule has 0 unspecified atom stereocenters. The number of benzene rings is 1. The molecule has 0 bridgehead atoms. The molecule has 0 aliphatic heterocycles. The third-order valence-corrected chi connectivity index (χ3v) is 3.97. The van der Waals surface area contributed by atoms with Gasteiger partial charge < -0.3 is 14.9 Å². The van der Waals surface area contributed by atoms with Crippen molar-refractivity contribution < 1.29 is 28.5 Å². The van der Waals surface area contributed by atoms with Crippen molar-refractivity contribution in [2.24, 2.45) is 10.9 Å². The molecule has 1 aromatic carbocycles. The summed E-state index contributed by atoms with van der Waals surface area (Å²) in [4.78, 5) is 16.1. The van der Waals surface area contributed by atoms with Crippen molar-refractivity contribution in [1.82, 2.24) is 0 Å². The molecule has 5 nitrogen and oxygen atoms in total. The Hall–Kier alpha value is -1.80. The van der Waals surface area contributed by atoms with Crippen LogP contribution in [0.25, 0.3) is 5.76 Å². The summed E-state index contributed by atoms with van der Waals surface area (Å²) >= 11 is 2.90. The number of carbonyl (C=O) groups is 1. The van der Waals surface area contributed by atoms with E-state index in [2.05, 4.69) is 20.9 Å². The Morgan fingerprint density at radius 1 is 1.36 bits per heavy atom. The van der Waals surface area contributed by atoms with Crippen molar-refractivity contribution in [3.63, 3.8) is 0 Å². The Kier molecular flexibility index (Phi) is 8.18. The summed E-state index contributed by atoms with van der Waals surface area (Å²) in [7, 11) is 0. The van der Waals surface area contributed by atoms with Gasteiger partial charge in [-0.2, -0.15) is 0 Å². The molecule has 0 amide bonds. The average Bonchev–Trinajstić information content (AvgIpc) is 2.54. The fourth-order valence-corrected chi connectivity index (χ4v) is 2.21. The van der Waals surface area contributed by atoms with Crippen LogP contribution >= 0.6 is 15.9 Å². The molecule has 0 saturated carbocycles. The number of hydrogen-bond donors (Lipinski definition) is 2. The number of aliphatic hydroxyl groups excluding tert-OH is 2. The molecule has 0 heterocycles. The normalized spacial score (nSPS) is 13.9. The molecule has 1 rings (SSSR count). The van der Waals surface area contributed by atoms with Crippen LogP contribution in [0.3, 0.4) is 0 Å². The van der Waals surface area contributed by atoms with Crippen molar-refractivity contribution in [3.05, 3.63) is 39.4 Å².